The molecule has 4 nitrogen and oxygen atoms in total. The maximum Gasteiger partial charge on any atom is 0.170 e. The molecule has 0 bridgehead atoms. The minimum absolute atomic E-state index is 0.159. The minimum Gasteiger partial charge on any atom is -0.353 e. The molecule has 2 fully saturated rings. The Balaban J connectivity index is 1.82. The zero-order valence-electron chi connectivity index (χ0n) is 12.1. The number of hydrogen-bond donors (Lipinski definition) is 1. The van der Waals surface area contributed by atoms with Crippen LogP contribution in [0.15, 0.2) is 12.3 Å². The van der Waals surface area contributed by atoms with Crippen LogP contribution in [-0.4, -0.2) is 49.2 Å². The third kappa shape index (κ3) is 2.65. The van der Waals surface area contributed by atoms with E-state index in [9.17, 15) is 4.39 Å². The first-order valence-corrected chi connectivity index (χ1v) is 7.56. The fourth-order valence-corrected chi connectivity index (χ4v) is 3.42. The number of rotatable bonds is 3. The first kappa shape index (κ1) is 13.8. The number of nitrogens with one attached hydrogen (secondary N) is 1. The molecule has 0 aromatic carbocycles. The molecule has 2 saturated heterocycles. The van der Waals surface area contributed by atoms with Crippen LogP contribution in [0.25, 0.3) is 0 Å². The molecule has 2 aliphatic heterocycles. The van der Waals surface area contributed by atoms with Crippen molar-refractivity contribution in [3.63, 3.8) is 0 Å². The summed E-state index contributed by atoms with van der Waals surface area (Å²) in [6.45, 7) is 4.70. The third-order valence-electron chi connectivity index (χ3n) is 4.42. The molecule has 20 heavy (non-hydrogen) atoms. The van der Waals surface area contributed by atoms with Gasteiger partial charge in [-0.25, -0.2) is 9.37 Å². The molecule has 1 N–H and O–H groups in total. The highest BCUT2D eigenvalue weighted by molar-refractivity contribution is 5.43. The largest absolute Gasteiger partial charge is 0.353 e. The zero-order chi connectivity index (χ0) is 13.9. The second kappa shape index (κ2) is 6.06. The fraction of sp³-hybridized carbons (Fsp3) is 0.667. The van der Waals surface area contributed by atoms with E-state index in [1.54, 1.807) is 12.3 Å². The predicted octanol–water partition coefficient (Wildman–Crippen LogP) is 1.61. The van der Waals surface area contributed by atoms with Gasteiger partial charge in [0.25, 0.3) is 0 Å². The van der Waals surface area contributed by atoms with Gasteiger partial charge < -0.3 is 10.2 Å². The summed E-state index contributed by atoms with van der Waals surface area (Å²) >= 11 is 0. The van der Waals surface area contributed by atoms with Crippen molar-refractivity contribution in [2.45, 2.75) is 31.8 Å². The standard InChI is InChI=1S/C15H23FN4/c1-17-10-12-5-6-18-15(14(12)16)20-9-3-8-19-7-2-4-13(19)11-20/h5-6,13,17H,2-4,7-11H2,1H3. The second-order valence-electron chi connectivity index (χ2n) is 5.77. The van der Waals surface area contributed by atoms with E-state index in [2.05, 4.69) is 20.1 Å². The van der Waals surface area contributed by atoms with Gasteiger partial charge in [-0.05, 0) is 38.9 Å². The summed E-state index contributed by atoms with van der Waals surface area (Å²) in [6.07, 6.45) is 5.32. The first-order valence-electron chi connectivity index (χ1n) is 7.56. The van der Waals surface area contributed by atoms with E-state index in [4.69, 9.17) is 0 Å². The van der Waals surface area contributed by atoms with Gasteiger partial charge in [0.05, 0.1) is 0 Å². The molecule has 0 spiro atoms. The maximum atomic E-state index is 14.6. The fourth-order valence-electron chi connectivity index (χ4n) is 3.42. The van der Waals surface area contributed by atoms with Crippen molar-refractivity contribution < 1.29 is 4.39 Å². The van der Waals surface area contributed by atoms with Crippen LogP contribution < -0.4 is 10.2 Å². The molecule has 2 aliphatic rings. The topological polar surface area (TPSA) is 31.4 Å². The molecule has 0 aliphatic carbocycles. The molecule has 1 aromatic rings. The summed E-state index contributed by atoms with van der Waals surface area (Å²) in [6, 6.07) is 2.33. The Morgan fingerprint density at radius 1 is 1.35 bits per heavy atom. The highest BCUT2D eigenvalue weighted by Gasteiger charge is 2.30. The van der Waals surface area contributed by atoms with Crippen LogP contribution in [0.5, 0.6) is 0 Å². The SMILES string of the molecule is CNCc1ccnc(N2CCCN3CCCC3C2)c1F. The van der Waals surface area contributed by atoms with Crippen molar-refractivity contribution in [2.24, 2.45) is 0 Å². The maximum absolute atomic E-state index is 14.6. The Bertz CT molecular complexity index is 465. The molecule has 1 aromatic heterocycles. The summed E-state index contributed by atoms with van der Waals surface area (Å²) < 4.78 is 14.6. The van der Waals surface area contributed by atoms with E-state index in [0.717, 1.165) is 26.1 Å². The first-order chi connectivity index (χ1) is 9.79. The van der Waals surface area contributed by atoms with Crippen molar-refractivity contribution in [1.82, 2.24) is 15.2 Å². The molecular weight excluding hydrogens is 255 g/mol. The summed E-state index contributed by atoms with van der Waals surface area (Å²) in [5, 5.41) is 3.01. The van der Waals surface area contributed by atoms with Gasteiger partial charge in [0.15, 0.2) is 11.6 Å². The van der Waals surface area contributed by atoms with E-state index in [1.165, 1.54) is 19.4 Å². The van der Waals surface area contributed by atoms with Gasteiger partial charge in [0.1, 0.15) is 0 Å². The number of pyridine rings is 1. The smallest absolute Gasteiger partial charge is 0.170 e. The van der Waals surface area contributed by atoms with E-state index < -0.39 is 0 Å². The molecule has 5 heteroatoms. The van der Waals surface area contributed by atoms with Crippen LogP contribution in [0.1, 0.15) is 24.8 Å². The van der Waals surface area contributed by atoms with Crippen LogP contribution in [0.3, 0.4) is 0 Å². The lowest BCUT2D eigenvalue weighted by molar-refractivity contribution is 0.273. The van der Waals surface area contributed by atoms with E-state index >= 15 is 0 Å². The average Bonchev–Trinajstić information content (AvgIpc) is 2.79. The van der Waals surface area contributed by atoms with Gasteiger partial charge in [-0.2, -0.15) is 0 Å². The van der Waals surface area contributed by atoms with Crippen LogP contribution in [0.2, 0.25) is 0 Å². The van der Waals surface area contributed by atoms with Crippen LogP contribution in [0, 0.1) is 5.82 Å². The summed E-state index contributed by atoms with van der Waals surface area (Å²) in [5.41, 5.74) is 0.699. The normalized spacial score (nSPS) is 23.7. The molecule has 3 rings (SSSR count). The average molecular weight is 278 g/mol. The molecule has 0 radical (unpaired) electrons. The van der Waals surface area contributed by atoms with Gasteiger partial charge in [0, 0.05) is 44.0 Å². The van der Waals surface area contributed by atoms with Crippen molar-refractivity contribution in [3.05, 3.63) is 23.6 Å². The van der Waals surface area contributed by atoms with Crippen LogP contribution in [0.4, 0.5) is 10.2 Å². The number of anilines is 1. The number of aromatic nitrogens is 1. The lowest BCUT2D eigenvalue weighted by Gasteiger charge is -2.27. The van der Waals surface area contributed by atoms with Gasteiger partial charge >= 0.3 is 0 Å². The van der Waals surface area contributed by atoms with Gasteiger partial charge in [0.2, 0.25) is 0 Å². The summed E-state index contributed by atoms with van der Waals surface area (Å²) in [5.74, 6) is 0.375. The Hall–Kier alpha value is -1.20. The van der Waals surface area contributed by atoms with Gasteiger partial charge in [-0.1, -0.05) is 0 Å². The van der Waals surface area contributed by atoms with E-state index in [1.807, 2.05) is 7.05 Å². The van der Waals surface area contributed by atoms with Crippen molar-refractivity contribution in [3.8, 4) is 0 Å². The highest BCUT2D eigenvalue weighted by atomic mass is 19.1. The van der Waals surface area contributed by atoms with Crippen LogP contribution >= 0.6 is 0 Å². The van der Waals surface area contributed by atoms with Gasteiger partial charge in [-0.15, -0.1) is 0 Å². The molecule has 1 atom stereocenters. The Morgan fingerprint density at radius 2 is 2.20 bits per heavy atom. The lowest BCUT2D eigenvalue weighted by atomic mass is 10.2. The molecule has 0 saturated carbocycles. The number of fused-ring (bicyclic) bond motifs is 1. The monoisotopic (exact) mass is 278 g/mol. The minimum atomic E-state index is -0.159. The summed E-state index contributed by atoms with van der Waals surface area (Å²) in [7, 11) is 1.84. The third-order valence-corrected chi connectivity index (χ3v) is 4.42. The molecule has 1 unspecified atom stereocenters. The Labute approximate surface area is 120 Å². The molecule has 110 valence electrons. The molecular formula is C15H23FN4. The number of hydrogen-bond acceptors (Lipinski definition) is 4. The van der Waals surface area contributed by atoms with E-state index in [0.29, 0.717) is 24.0 Å². The summed E-state index contributed by atoms with van der Waals surface area (Å²) in [4.78, 5) is 9.00. The second-order valence-corrected chi connectivity index (χ2v) is 5.77. The zero-order valence-corrected chi connectivity index (χ0v) is 12.1. The van der Waals surface area contributed by atoms with Crippen molar-refractivity contribution in [1.29, 1.82) is 0 Å². The highest BCUT2D eigenvalue weighted by Crippen LogP contribution is 2.26. The predicted molar refractivity (Wildman–Crippen MR) is 78.4 cm³/mol. The quantitative estimate of drug-likeness (QED) is 0.910. The molecule has 0 amide bonds. The van der Waals surface area contributed by atoms with Crippen LogP contribution in [-0.2, 0) is 6.54 Å². The Morgan fingerprint density at radius 3 is 3.05 bits per heavy atom. The van der Waals surface area contributed by atoms with Crippen molar-refractivity contribution >= 4 is 5.82 Å². The molecule has 3 heterocycles. The number of nitrogens with zero attached hydrogens (tertiary/aromatic N) is 3. The lowest BCUT2D eigenvalue weighted by Crippen LogP contribution is -2.37. The number of halogens is 1. The van der Waals surface area contributed by atoms with Gasteiger partial charge in [-0.3, -0.25) is 4.90 Å². The van der Waals surface area contributed by atoms with E-state index in [-0.39, 0.29) is 5.82 Å². The Kier molecular flexibility index (Phi) is 4.17. The van der Waals surface area contributed by atoms with Crippen molar-refractivity contribution in [2.75, 3.05) is 38.1 Å².